The lowest BCUT2D eigenvalue weighted by atomic mass is 9.76. The van der Waals surface area contributed by atoms with E-state index in [1.807, 2.05) is 30.3 Å². The van der Waals surface area contributed by atoms with Crippen molar-refractivity contribution >= 4 is 17.6 Å². The van der Waals surface area contributed by atoms with Crippen molar-refractivity contribution in [1.82, 2.24) is 0 Å². The van der Waals surface area contributed by atoms with E-state index in [0.29, 0.717) is 6.61 Å². The number of amides is 1. The topological polar surface area (TPSA) is 76.1 Å². The number of nitrogens with zero attached hydrogens (tertiary/aromatic N) is 1. The summed E-state index contributed by atoms with van der Waals surface area (Å²) in [6.07, 6.45) is 2.42. The first-order chi connectivity index (χ1) is 10.6. The molecule has 0 saturated carbocycles. The van der Waals surface area contributed by atoms with Crippen molar-refractivity contribution in [2.45, 2.75) is 24.5 Å². The monoisotopic (exact) mass is 299 g/mol. The Morgan fingerprint density at radius 1 is 1.36 bits per heavy atom. The summed E-state index contributed by atoms with van der Waals surface area (Å²) in [5.74, 6) is -2.80. The van der Waals surface area contributed by atoms with E-state index in [1.165, 1.54) is 0 Å². The van der Waals surface area contributed by atoms with E-state index in [2.05, 4.69) is 0 Å². The molecule has 4 aliphatic heterocycles. The van der Waals surface area contributed by atoms with Gasteiger partial charge in [0.05, 0.1) is 24.3 Å². The molecule has 5 atom stereocenters. The molecule has 4 heterocycles. The first-order valence-corrected chi connectivity index (χ1v) is 7.26. The summed E-state index contributed by atoms with van der Waals surface area (Å²) in [7, 11) is 0. The molecule has 5 rings (SSSR count). The molecule has 0 aliphatic carbocycles. The molecule has 2 fully saturated rings. The van der Waals surface area contributed by atoms with Crippen LogP contribution >= 0.6 is 0 Å². The number of anilines is 1. The Bertz CT molecular complexity index is 744. The number of fused-ring (bicyclic) bond motifs is 4. The second-order valence-corrected chi connectivity index (χ2v) is 6.14. The second-order valence-electron chi connectivity index (χ2n) is 6.14. The molecule has 112 valence electrons. The van der Waals surface area contributed by atoms with Crippen molar-refractivity contribution in [2.75, 3.05) is 4.90 Å². The zero-order valence-electron chi connectivity index (χ0n) is 11.5. The van der Waals surface area contributed by atoms with Crippen LogP contribution in [0.25, 0.3) is 0 Å². The second kappa shape index (κ2) is 3.77. The number of carbonyl (C=O) groups excluding carboxylic acids is 1. The van der Waals surface area contributed by atoms with Crippen LogP contribution < -0.4 is 4.90 Å². The zero-order valence-corrected chi connectivity index (χ0v) is 11.5. The Hall–Kier alpha value is -2.18. The van der Waals surface area contributed by atoms with Crippen molar-refractivity contribution in [3.8, 4) is 0 Å². The molecule has 1 aromatic rings. The van der Waals surface area contributed by atoms with Gasteiger partial charge in [0.2, 0.25) is 5.91 Å². The van der Waals surface area contributed by atoms with Crippen LogP contribution in [0.15, 0.2) is 36.4 Å². The summed E-state index contributed by atoms with van der Waals surface area (Å²) in [6.45, 7) is 0.388. The van der Waals surface area contributed by atoms with Crippen LogP contribution in [0.4, 0.5) is 5.69 Å². The third kappa shape index (κ3) is 1.20. The van der Waals surface area contributed by atoms with Crippen LogP contribution in [0, 0.1) is 11.8 Å². The Kier molecular flexibility index (Phi) is 2.12. The van der Waals surface area contributed by atoms with Crippen LogP contribution in [0.2, 0.25) is 0 Å². The normalized spacial score (nSPS) is 40.5. The van der Waals surface area contributed by atoms with Gasteiger partial charge < -0.3 is 14.6 Å². The molecule has 1 aromatic carbocycles. The van der Waals surface area contributed by atoms with E-state index in [1.54, 1.807) is 11.0 Å². The van der Waals surface area contributed by atoms with E-state index in [0.717, 1.165) is 11.3 Å². The van der Waals surface area contributed by atoms with E-state index >= 15 is 0 Å². The third-order valence-electron chi connectivity index (χ3n) is 5.14. The smallest absolute Gasteiger partial charge is 0.310 e. The van der Waals surface area contributed by atoms with Crippen LogP contribution in [-0.4, -0.2) is 34.9 Å². The standard InChI is InChI=1S/C16H13NO5/c18-13-12-11(14(19)20)10-5-6-16(12,22-10)15-17(13)9-4-2-1-3-8(9)7-21-15/h1-6,10-12,15H,7H2,(H,19,20)/t10-,11+,12+,15-,16+/m1/s1. The fraction of sp³-hybridized carbons (Fsp3) is 0.375. The third-order valence-corrected chi connectivity index (χ3v) is 5.14. The highest BCUT2D eigenvalue weighted by Gasteiger charge is 2.72. The highest BCUT2D eigenvalue weighted by Crippen LogP contribution is 2.57. The summed E-state index contributed by atoms with van der Waals surface area (Å²) in [4.78, 5) is 26.1. The van der Waals surface area contributed by atoms with Gasteiger partial charge in [0, 0.05) is 5.56 Å². The van der Waals surface area contributed by atoms with Gasteiger partial charge in [-0.15, -0.1) is 0 Å². The van der Waals surface area contributed by atoms with Crippen molar-refractivity contribution in [3.05, 3.63) is 42.0 Å². The summed E-state index contributed by atoms with van der Waals surface area (Å²) in [6, 6.07) is 7.53. The Morgan fingerprint density at radius 3 is 3.00 bits per heavy atom. The van der Waals surface area contributed by atoms with Crippen LogP contribution in [0.1, 0.15) is 5.56 Å². The predicted molar refractivity (Wildman–Crippen MR) is 73.9 cm³/mol. The van der Waals surface area contributed by atoms with E-state index in [-0.39, 0.29) is 5.91 Å². The molecular weight excluding hydrogens is 286 g/mol. The number of para-hydroxylation sites is 1. The van der Waals surface area contributed by atoms with Gasteiger partial charge in [-0.1, -0.05) is 24.3 Å². The number of rotatable bonds is 1. The Balaban J connectivity index is 1.69. The van der Waals surface area contributed by atoms with E-state index < -0.39 is 35.7 Å². The minimum absolute atomic E-state index is 0.226. The highest BCUT2D eigenvalue weighted by molar-refractivity contribution is 6.03. The molecule has 1 amide bonds. The summed E-state index contributed by atoms with van der Waals surface area (Å²) >= 11 is 0. The molecule has 6 heteroatoms. The molecule has 1 N–H and O–H groups in total. The molecule has 2 bridgehead atoms. The van der Waals surface area contributed by atoms with Gasteiger partial charge in [0.1, 0.15) is 11.5 Å². The first kappa shape index (κ1) is 12.4. The lowest BCUT2D eigenvalue weighted by Crippen LogP contribution is -2.49. The molecule has 0 aromatic heterocycles. The number of ether oxygens (including phenoxy) is 2. The number of aliphatic carboxylic acids is 1. The molecule has 2 saturated heterocycles. The molecular formula is C16H13NO5. The average molecular weight is 299 g/mol. The molecule has 22 heavy (non-hydrogen) atoms. The largest absolute Gasteiger partial charge is 0.481 e. The number of carboxylic acids is 1. The first-order valence-electron chi connectivity index (χ1n) is 7.26. The van der Waals surface area contributed by atoms with Crippen molar-refractivity contribution < 1.29 is 24.2 Å². The molecule has 4 aliphatic rings. The van der Waals surface area contributed by atoms with Gasteiger partial charge in [-0.2, -0.15) is 0 Å². The minimum Gasteiger partial charge on any atom is -0.481 e. The zero-order chi connectivity index (χ0) is 15.1. The van der Waals surface area contributed by atoms with Gasteiger partial charge in [0.25, 0.3) is 0 Å². The Labute approximate surface area is 125 Å². The lowest BCUT2D eigenvalue weighted by molar-refractivity contribution is -0.146. The maximum Gasteiger partial charge on any atom is 0.310 e. The van der Waals surface area contributed by atoms with Gasteiger partial charge in [-0.25, -0.2) is 0 Å². The number of hydrogen-bond donors (Lipinski definition) is 1. The average Bonchev–Trinajstić information content (AvgIpc) is 3.16. The van der Waals surface area contributed by atoms with Crippen molar-refractivity contribution in [2.24, 2.45) is 11.8 Å². The lowest BCUT2D eigenvalue weighted by Gasteiger charge is -2.37. The molecule has 0 unspecified atom stereocenters. The van der Waals surface area contributed by atoms with Crippen molar-refractivity contribution in [3.63, 3.8) is 0 Å². The predicted octanol–water partition coefficient (Wildman–Crippen LogP) is 0.914. The van der Waals surface area contributed by atoms with Crippen LogP contribution in [-0.2, 0) is 25.7 Å². The van der Waals surface area contributed by atoms with Gasteiger partial charge in [0.15, 0.2) is 6.23 Å². The van der Waals surface area contributed by atoms with Gasteiger partial charge >= 0.3 is 5.97 Å². The molecule has 1 spiro atoms. The minimum atomic E-state index is -0.997. The Morgan fingerprint density at radius 2 is 2.18 bits per heavy atom. The number of carbonyl (C=O) groups is 2. The van der Waals surface area contributed by atoms with Crippen LogP contribution in [0.3, 0.4) is 0 Å². The summed E-state index contributed by atoms with van der Waals surface area (Å²) in [5, 5.41) is 9.50. The van der Waals surface area contributed by atoms with Gasteiger partial charge in [-0.3, -0.25) is 14.5 Å². The molecule has 0 radical (unpaired) electrons. The SMILES string of the molecule is O=C(O)[C@@H]1[C@H]2C(=O)N3c4ccccc4CO[C@@H]3[C@]23C=C[C@H]1O3. The van der Waals surface area contributed by atoms with E-state index in [4.69, 9.17) is 9.47 Å². The number of hydrogen-bond acceptors (Lipinski definition) is 4. The quantitative estimate of drug-likeness (QED) is 0.780. The van der Waals surface area contributed by atoms with Gasteiger partial charge in [-0.05, 0) is 12.1 Å². The fourth-order valence-corrected chi connectivity index (χ4v) is 4.28. The van der Waals surface area contributed by atoms with Crippen LogP contribution in [0.5, 0.6) is 0 Å². The van der Waals surface area contributed by atoms with Crippen molar-refractivity contribution in [1.29, 1.82) is 0 Å². The number of carboxylic acid groups (broad SMARTS) is 1. The number of benzene rings is 1. The highest BCUT2D eigenvalue weighted by atomic mass is 16.6. The maximum atomic E-state index is 13.0. The summed E-state index contributed by atoms with van der Waals surface area (Å²) in [5.41, 5.74) is 0.740. The maximum absolute atomic E-state index is 13.0. The fourth-order valence-electron chi connectivity index (χ4n) is 4.28. The summed E-state index contributed by atoms with van der Waals surface area (Å²) < 4.78 is 11.8. The van der Waals surface area contributed by atoms with E-state index in [9.17, 15) is 14.7 Å². The molecule has 6 nitrogen and oxygen atoms in total.